The lowest BCUT2D eigenvalue weighted by Gasteiger charge is -2.32. The Morgan fingerprint density at radius 1 is 0.638 bits per heavy atom. The number of fused-ring (bicyclic) bond motifs is 7. The van der Waals surface area contributed by atoms with Crippen LogP contribution < -0.4 is 10.4 Å². The van der Waals surface area contributed by atoms with Gasteiger partial charge in [0.05, 0.1) is 17.8 Å². The monoisotopic (exact) mass is 888 g/mol. The molecule has 6 aromatic rings. The van der Waals surface area contributed by atoms with Gasteiger partial charge >= 0.3 is 0 Å². The summed E-state index contributed by atoms with van der Waals surface area (Å²) in [4.78, 5) is 20.8. The molecule has 14 rings (SSSR count). The zero-order chi connectivity index (χ0) is 46.0. The van der Waals surface area contributed by atoms with Crippen molar-refractivity contribution in [3.8, 4) is 22.5 Å². The fraction of sp³-hybridized carbons (Fsp3) is 0.200. The molecule has 0 saturated carbocycles. The molecule has 0 N–H and O–H groups in total. The molecule has 7 atom stereocenters. The van der Waals surface area contributed by atoms with Gasteiger partial charge in [-0.1, -0.05) is 173 Å². The van der Waals surface area contributed by atoms with Gasteiger partial charge in [0.1, 0.15) is 0 Å². The summed E-state index contributed by atoms with van der Waals surface area (Å²) in [5.41, 5.74) is 21.9. The molecule has 0 amide bonds. The van der Waals surface area contributed by atoms with Gasteiger partial charge in [-0.2, -0.15) is 0 Å². The number of hydrogen-bond acceptors (Lipinski definition) is 4. The molecule has 69 heavy (non-hydrogen) atoms. The molecule has 7 unspecified atom stereocenters. The van der Waals surface area contributed by atoms with Crippen molar-refractivity contribution < 1.29 is 0 Å². The Morgan fingerprint density at radius 3 is 2.25 bits per heavy atom. The summed E-state index contributed by atoms with van der Waals surface area (Å²) >= 11 is 0. The summed E-state index contributed by atoms with van der Waals surface area (Å²) in [6.45, 7) is 8.59. The minimum atomic E-state index is -0.159. The van der Waals surface area contributed by atoms with E-state index < -0.39 is 0 Å². The average Bonchev–Trinajstić information content (AvgIpc) is 3.92. The van der Waals surface area contributed by atoms with Crippen molar-refractivity contribution in [1.82, 2.24) is 9.97 Å². The predicted octanol–water partition coefficient (Wildman–Crippen LogP) is 12.8. The molecule has 1 aromatic heterocycles. The summed E-state index contributed by atoms with van der Waals surface area (Å²) in [5, 5.41) is 3.91. The molecule has 0 radical (unpaired) electrons. The van der Waals surface area contributed by atoms with Crippen LogP contribution in [0.4, 0.5) is 0 Å². The molecule has 4 heteroatoms. The van der Waals surface area contributed by atoms with Crippen molar-refractivity contribution in [2.75, 3.05) is 13.1 Å². The van der Waals surface area contributed by atoms with E-state index in [2.05, 4.69) is 207 Å². The highest BCUT2D eigenvalue weighted by atomic mass is 14.9. The highest BCUT2D eigenvalue weighted by Crippen LogP contribution is 2.55. The average molecular weight is 889 g/mol. The SMILES string of the molecule is CC1CC(c2cc(C3C=CC4=C5C(=CC=CC53)c3ccccc34)c3nc(-c4ccc(C5(C)C=CC=NC5)cc4)nc(C4C=CC(C5C=CC=NC5)=CC4C)c3c2)=c2cccc3c2=C1c1ccccc1-3. The number of allylic oxidation sites excluding steroid dienone is 13. The van der Waals surface area contributed by atoms with Crippen LogP contribution in [0.15, 0.2) is 197 Å². The second kappa shape index (κ2) is 15.5. The summed E-state index contributed by atoms with van der Waals surface area (Å²) in [6.07, 6.45) is 32.7. The molecule has 0 fully saturated rings. The Hall–Kier alpha value is -7.56. The maximum absolute atomic E-state index is 5.77. The zero-order valence-corrected chi connectivity index (χ0v) is 39.3. The highest BCUT2D eigenvalue weighted by Gasteiger charge is 2.39. The maximum atomic E-state index is 5.77. The van der Waals surface area contributed by atoms with Gasteiger partial charge in [-0.3, -0.25) is 9.98 Å². The third-order valence-electron chi connectivity index (χ3n) is 16.6. The lowest BCUT2D eigenvalue weighted by Crippen LogP contribution is -2.34. The summed E-state index contributed by atoms with van der Waals surface area (Å²) in [6, 6.07) is 39.0. The first-order valence-electron chi connectivity index (χ1n) is 25.0. The lowest BCUT2D eigenvalue weighted by molar-refractivity contribution is 0.605. The summed E-state index contributed by atoms with van der Waals surface area (Å²) < 4.78 is 0. The van der Waals surface area contributed by atoms with E-state index in [0.29, 0.717) is 5.92 Å². The number of rotatable bonds is 6. The molecule has 3 heterocycles. The molecule has 0 saturated heterocycles. The molecular weight excluding hydrogens is 837 g/mol. The first-order valence-corrected chi connectivity index (χ1v) is 25.0. The summed E-state index contributed by atoms with van der Waals surface area (Å²) in [7, 11) is 0. The van der Waals surface area contributed by atoms with Crippen molar-refractivity contribution in [3.05, 3.63) is 237 Å². The number of aromatic nitrogens is 2. The van der Waals surface area contributed by atoms with Gasteiger partial charge in [0.25, 0.3) is 0 Å². The smallest absolute Gasteiger partial charge is 0.160 e. The zero-order valence-electron chi connectivity index (χ0n) is 39.3. The Bertz CT molecular complexity index is 3710. The predicted molar refractivity (Wildman–Crippen MR) is 286 cm³/mol. The quantitative estimate of drug-likeness (QED) is 0.167. The molecule has 332 valence electrons. The molecular formula is C65H52N4. The van der Waals surface area contributed by atoms with Crippen LogP contribution in [0.1, 0.15) is 78.1 Å². The van der Waals surface area contributed by atoms with Crippen LogP contribution in [-0.2, 0) is 5.41 Å². The molecule has 4 nitrogen and oxygen atoms in total. The van der Waals surface area contributed by atoms with Crippen LogP contribution in [0.25, 0.3) is 55.7 Å². The molecule has 2 aliphatic heterocycles. The minimum Gasteiger partial charge on any atom is -0.292 e. The van der Waals surface area contributed by atoms with Crippen molar-refractivity contribution in [3.63, 3.8) is 0 Å². The number of benzene rings is 5. The summed E-state index contributed by atoms with van der Waals surface area (Å²) in [5.74, 6) is 1.85. The van der Waals surface area contributed by atoms with Crippen molar-refractivity contribution in [2.24, 2.45) is 33.7 Å². The Balaban J connectivity index is 1.02. The fourth-order valence-electron chi connectivity index (χ4n) is 13.1. The van der Waals surface area contributed by atoms with Crippen LogP contribution >= 0.6 is 0 Å². The molecule has 8 aliphatic rings. The van der Waals surface area contributed by atoms with E-state index in [4.69, 9.17) is 9.97 Å². The van der Waals surface area contributed by atoms with Crippen molar-refractivity contribution in [2.45, 2.75) is 44.4 Å². The first kappa shape index (κ1) is 40.5. The van der Waals surface area contributed by atoms with Crippen molar-refractivity contribution in [1.29, 1.82) is 0 Å². The van der Waals surface area contributed by atoms with E-state index in [9.17, 15) is 0 Å². The minimum absolute atomic E-state index is 0.0379. The van der Waals surface area contributed by atoms with Gasteiger partial charge in [-0.15, -0.1) is 0 Å². The van der Waals surface area contributed by atoms with Crippen LogP contribution in [-0.4, -0.2) is 35.5 Å². The van der Waals surface area contributed by atoms with Gasteiger partial charge in [0, 0.05) is 59.0 Å². The number of hydrogen-bond donors (Lipinski definition) is 0. The van der Waals surface area contributed by atoms with Crippen LogP contribution in [0.2, 0.25) is 0 Å². The Kier molecular flexibility index (Phi) is 9.09. The van der Waals surface area contributed by atoms with E-state index in [0.717, 1.165) is 47.5 Å². The largest absolute Gasteiger partial charge is 0.292 e. The van der Waals surface area contributed by atoms with Crippen LogP contribution in [0.5, 0.6) is 0 Å². The normalized spacial score (nSPS) is 26.3. The second-order valence-corrected chi connectivity index (χ2v) is 20.7. The van der Waals surface area contributed by atoms with Crippen LogP contribution in [0, 0.1) is 23.7 Å². The molecule has 0 bridgehead atoms. The van der Waals surface area contributed by atoms with E-state index in [1.807, 2.05) is 12.4 Å². The molecule has 0 spiro atoms. The highest BCUT2D eigenvalue weighted by molar-refractivity contribution is 6.06. The topological polar surface area (TPSA) is 50.5 Å². The third kappa shape index (κ3) is 6.20. The maximum Gasteiger partial charge on any atom is 0.160 e. The first-order chi connectivity index (χ1) is 33.9. The van der Waals surface area contributed by atoms with Crippen molar-refractivity contribution >= 4 is 45.6 Å². The Morgan fingerprint density at radius 2 is 1.43 bits per heavy atom. The van der Waals surface area contributed by atoms with Gasteiger partial charge in [-0.25, -0.2) is 9.97 Å². The standard InChI is InChI=1S/C65H52N4/c1-38-32-41(42-12-10-30-66-36-42)23-26-45(38)62-58-35-43(56-33-39(2)59-50-16-7-6-15-48(50)53-19-9-20-54(56)61(53)59)34-57(49-27-28-55-47-14-5-4-13-46(47)51-17-8-18-52(49)60(51)55)63(58)69-64(68-62)40-21-24-44(25-22-40)65(3)29-11-31-67-37-65/h4-32,34-35,38-39,42,45,49,52H,33,36-37H2,1-3H3. The van der Waals surface area contributed by atoms with E-state index >= 15 is 0 Å². The van der Waals surface area contributed by atoms with E-state index in [1.165, 1.54) is 88.4 Å². The third-order valence-corrected chi connectivity index (χ3v) is 16.6. The second-order valence-electron chi connectivity index (χ2n) is 20.7. The fourth-order valence-corrected chi connectivity index (χ4v) is 13.1. The van der Waals surface area contributed by atoms with E-state index in [-0.39, 0.29) is 35.0 Å². The number of nitrogens with zero attached hydrogens (tertiary/aromatic N) is 4. The van der Waals surface area contributed by atoms with E-state index in [1.54, 1.807) is 0 Å². The number of aliphatic imine (C=N–C) groups is 2. The van der Waals surface area contributed by atoms with Gasteiger partial charge < -0.3 is 0 Å². The van der Waals surface area contributed by atoms with Gasteiger partial charge in [0.2, 0.25) is 0 Å². The number of dihydropyridines is 2. The van der Waals surface area contributed by atoms with Gasteiger partial charge in [-0.05, 0) is 131 Å². The molecule has 6 aliphatic carbocycles. The van der Waals surface area contributed by atoms with Gasteiger partial charge in [0.15, 0.2) is 5.82 Å². The van der Waals surface area contributed by atoms with Crippen LogP contribution in [0.3, 0.4) is 0 Å². The molecule has 5 aromatic carbocycles. The Labute approximate surface area is 404 Å². The lowest BCUT2D eigenvalue weighted by atomic mass is 9.71.